The van der Waals surface area contributed by atoms with E-state index in [1.54, 1.807) is 6.07 Å². The van der Waals surface area contributed by atoms with Gasteiger partial charge in [-0.1, -0.05) is 19.1 Å². The molecular weight excluding hydrogens is 299 g/mol. The van der Waals surface area contributed by atoms with Crippen LogP contribution >= 0.6 is 0 Å². The number of nitrogens with one attached hydrogen (secondary N) is 1. The van der Waals surface area contributed by atoms with Crippen LogP contribution in [0, 0.1) is 5.82 Å². The Bertz CT molecular complexity index is 770. The summed E-state index contributed by atoms with van der Waals surface area (Å²) in [4.78, 5) is 11.9. The third-order valence-corrected chi connectivity index (χ3v) is 4.34. The molecule has 21 heavy (non-hydrogen) atoms. The van der Waals surface area contributed by atoms with E-state index < -0.39 is 21.9 Å². The minimum Gasteiger partial charge on any atom is -0.448 e. The predicted octanol–water partition coefficient (Wildman–Crippen LogP) is 1.89. The van der Waals surface area contributed by atoms with E-state index in [2.05, 4.69) is 0 Å². The van der Waals surface area contributed by atoms with Crippen LogP contribution in [0.5, 0.6) is 0 Å². The van der Waals surface area contributed by atoms with Gasteiger partial charge in [0.1, 0.15) is 0 Å². The van der Waals surface area contributed by atoms with E-state index in [4.69, 9.17) is 4.42 Å². The zero-order chi connectivity index (χ0) is 15.6. The van der Waals surface area contributed by atoms with Gasteiger partial charge in [0.2, 0.25) is 0 Å². The van der Waals surface area contributed by atoms with Gasteiger partial charge in [-0.25, -0.2) is 9.11 Å². The van der Waals surface area contributed by atoms with Crippen molar-refractivity contribution < 1.29 is 22.0 Å². The molecule has 2 aromatic rings. The number of hydrogen-bond donors (Lipinski definition) is 1. The smallest absolute Gasteiger partial charge is 0.303 e. The number of benzene rings is 1. The van der Waals surface area contributed by atoms with Crippen molar-refractivity contribution in [1.29, 1.82) is 0 Å². The molecule has 0 aliphatic carbocycles. The number of rotatable bonds is 5. The van der Waals surface area contributed by atoms with Gasteiger partial charge in [0.15, 0.2) is 17.2 Å². The fourth-order valence-corrected chi connectivity index (χ4v) is 2.73. The molecule has 0 unspecified atom stereocenters. The Hall–Kier alpha value is -1.93. The number of furan rings is 1. The van der Waals surface area contributed by atoms with Gasteiger partial charge in [0.25, 0.3) is 0 Å². The van der Waals surface area contributed by atoms with Crippen molar-refractivity contribution in [1.82, 2.24) is 9.03 Å². The lowest BCUT2D eigenvalue weighted by Crippen LogP contribution is -2.41. The number of fused-ring (bicyclic) bond motifs is 1. The van der Waals surface area contributed by atoms with E-state index in [0.29, 0.717) is 11.8 Å². The minimum absolute atomic E-state index is 0.0815. The maximum Gasteiger partial charge on any atom is 0.303 e. The van der Waals surface area contributed by atoms with Gasteiger partial charge < -0.3 is 4.42 Å². The van der Waals surface area contributed by atoms with Gasteiger partial charge in [-0.2, -0.15) is 12.7 Å². The predicted molar refractivity (Wildman–Crippen MR) is 75.5 cm³/mol. The monoisotopic (exact) mass is 314 g/mol. The molecule has 0 radical (unpaired) electrons. The molecule has 0 bridgehead atoms. The van der Waals surface area contributed by atoms with Crippen molar-refractivity contribution in [2.24, 2.45) is 0 Å². The van der Waals surface area contributed by atoms with Gasteiger partial charge in [-0.15, -0.1) is 0 Å². The quantitative estimate of drug-likeness (QED) is 0.914. The van der Waals surface area contributed by atoms with Crippen LogP contribution in [-0.2, 0) is 10.2 Å². The topological polar surface area (TPSA) is 79.6 Å². The summed E-state index contributed by atoms with van der Waals surface area (Å²) < 4.78 is 45.2. The zero-order valence-electron chi connectivity index (χ0n) is 11.6. The van der Waals surface area contributed by atoms with Gasteiger partial charge in [-0.05, 0) is 18.6 Å². The molecule has 0 fully saturated rings. The highest BCUT2D eigenvalue weighted by Crippen LogP contribution is 2.22. The molecule has 1 aromatic carbocycles. The Morgan fingerprint density at radius 1 is 1.43 bits per heavy atom. The van der Waals surface area contributed by atoms with E-state index in [1.165, 1.54) is 25.2 Å². The fourth-order valence-electron chi connectivity index (χ4n) is 1.82. The standard InChI is InChI=1S/C13H15FN2O4S/c1-3-7-16(2)21(18,19)15-13(17)11-8-9-5-4-6-10(14)12(9)20-11/h4-6,8H,3,7H2,1-2H3,(H,15,17). The lowest BCUT2D eigenvalue weighted by molar-refractivity contribution is 0.0954. The van der Waals surface area contributed by atoms with Crippen LogP contribution in [0.1, 0.15) is 23.9 Å². The van der Waals surface area contributed by atoms with Gasteiger partial charge in [-0.3, -0.25) is 4.79 Å². The Labute approximate surface area is 121 Å². The molecule has 1 amide bonds. The number of nitrogens with zero attached hydrogens (tertiary/aromatic N) is 1. The van der Waals surface area contributed by atoms with E-state index in [-0.39, 0.29) is 17.9 Å². The second-order valence-electron chi connectivity index (χ2n) is 4.53. The van der Waals surface area contributed by atoms with Crippen molar-refractivity contribution >= 4 is 27.1 Å². The minimum atomic E-state index is -3.94. The van der Waals surface area contributed by atoms with Crippen LogP contribution in [0.2, 0.25) is 0 Å². The first-order chi connectivity index (χ1) is 9.85. The molecule has 6 nitrogen and oxygen atoms in total. The molecule has 0 saturated carbocycles. The number of carbonyl (C=O) groups is 1. The Morgan fingerprint density at radius 3 is 2.76 bits per heavy atom. The molecule has 2 rings (SSSR count). The summed E-state index contributed by atoms with van der Waals surface area (Å²) in [5, 5.41) is 0.388. The first kappa shape index (κ1) is 15.5. The lowest BCUT2D eigenvalue weighted by atomic mass is 10.2. The summed E-state index contributed by atoms with van der Waals surface area (Å²) in [6.45, 7) is 2.09. The lowest BCUT2D eigenvalue weighted by Gasteiger charge is -2.15. The molecule has 0 saturated heterocycles. The maximum atomic E-state index is 13.5. The average molecular weight is 314 g/mol. The van der Waals surface area contributed by atoms with Crippen molar-refractivity contribution in [2.75, 3.05) is 13.6 Å². The van der Waals surface area contributed by atoms with Crippen LogP contribution < -0.4 is 4.72 Å². The molecule has 0 aliphatic rings. The van der Waals surface area contributed by atoms with Crippen LogP contribution in [0.15, 0.2) is 28.7 Å². The number of para-hydroxylation sites is 1. The van der Waals surface area contributed by atoms with E-state index in [0.717, 1.165) is 4.31 Å². The average Bonchev–Trinajstić information content (AvgIpc) is 2.84. The summed E-state index contributed by atoms with van der Waals surface area (Å²) in [7, 11) is -2.58. The number of hydrogen-bond acceptors (Lipinski definition) is 4. The SMILES string of the molecule is CCCN(C)S(=O)(=O)NC(=O)c1cc2cccc(F)c2o1. The number of halogens is 1. The summed E-state index contributed by atoms with van der Waals surface area (Å²) >= 11 is 0. The first-order valence-corrected chi connectivity index (χ1v) is 7.75. The largest absolute Gasteiger partial charge is 0.448 e. The summed E-state index contributed by atoms with van der Waals surface area (Å²) in [6.07, 6.45) is 0.613. The third-order valence-electron chi connectivity index (χ3n) is 2.89. The Kier molecular flexibility index (Phi) is 4.29. The highest BCUT2D eigenvalue weighted by molar-refractivity contribution is 7.87. The van der Waals surface area contributed by atoms with Crippen molar-refractivity contribution in [2.45, 2.75) is 13.3 Å². The van der Waals surface area contributed by atoms with Crippen molar-refractivity contribution in [3.63, 3.8) is 0 Å². The van der Waals surface area contributed by atoms with Crippen LogP contribution in [-0.4, -0.2) is 32.2 Å². The van der Waals surface area contributed by atoms with Crippen LogP contribution in [0.3, 0.4) is 0 Å². The molecule has 0 atom stereocenters. The van der Waals surface area contributed by atoms with Gasteiger partial charge >= 0.3 is 16.1 Å². The molecule has 8 heteroatoms. The fraction of sp³-hybridized carbons (Fsp3) is 0.308. The highest BCUT2D eigenvalue weighted by atomic mass is 32.2. The van der Waals surface area contributed by atoms with Crippen molar-refractivity contribution in [3.05, 3.63) is 35.8 Å². The van der Waals surface area contributed by atoms with Gasteiger partial charge in [0.05, 0.1) is 0 Å². The zero-order valence-corrected chi connectivity index (χ0v) is 12.4. The second kappa shape index (κ2) is 5.82. The third kappa shape index (κ3) is 3.22. The van der Waals surface area contributed by atoms with E-state index in [1.807, 2.05) is 11.6 Å². The van der Waals surface area contributed by atoms with Crippen LogP contribution in [0.4, 0.5) is 4.39 Å². The molecule has 0 spiro atoms. The van der Waals surface area contributed by atoms with Crippen molar-refractivity contribution in [3.8, 4) is 0 Å². The van der Waals surface area contributed by atoms with E-state index in [9.17, 15) is 17.6 Å². The molecular formula is C13H15FN2O4S. The highest BCUT2D eigenvalue weighted by Gasteiger charge is 2.23. The Morgan fingerprint density at radius 2 is 2.14 bits per heavy atom. The number of carbonyl (C=O) groups excluding carboxylic acids is 1. The first-order valence-electron chi connectivity index (χ1n) is 6.31. The summed E-state index contributed by atoms with van der Waals surface area (Å²) in [6, 6.07) is 5.53. The van der Waals surface area contributed by atoms with Gasteiger partial charge in [0, 0.05) is 19.0 Å². The normalized spacial score (nSPS) is 12.0. The number of amides is 1. The Balaban J connectivity index is 2.25. The second-order valence-corrected chi connectivity index (χ2v) is 6.30. The molecule has 1 aromatic heterocycles. The summed E-state index contributed by atoms with van der Waals surface area (Å²) in [5.74, 6) is -1.81. The summed E-state index contributed by atoms with van der Waals surface area (Å²) in [5.41, 5.74) is -0.0815. The molecule has 0 aliphatic heterocycles. The molecule has 1 heterocycles. The van der Waals surface area contributed by atoms with E-state index >= 15 is 0 Å². The maximum absolute atomic E-state index is 13.5. The van der Waals surface area contributed by atoms with Crippen LogP contribution in [0.25, 0.3) is 11.0 Å². The molecule has 1 N–H and O–H groups in total. The molecule has 114 valence electrons.